The van der Waals surface area contributed by atoms with Crippen molar-refractivity contribution in [3.63, 3.8) is 0 Å². The van der Waals surface area contributed by atoms with Gasteiger partial charge in [-0.1, -0.05) is 59.8 Å². The maximum Gasteiger partial charge on any atom is 0.365 e. The molecule has 27 heavy (non-hydrogen) atoms. The molecule has 0 heterocycles. The Hall–Kier alpha value is -3.12. The summed E-state index contributed by atoms with van der Waals surface area (Å²) in [5, 5.41) is 3.71. The van der Waals surface area contributed by atoms with E-state index in [0.29, 0.717) is 17.7 Å². The molecule has 0 unspecified atom stereocenters. The van der Waals surface area contributed by atoms with E-state index in [0.717, 1.165) is 15.8 Å². The highest BCUT2D eigenvalue weighted by atomic mass is 79.9. The molecule has 3 rings (SSSR count). The van der Waals surface area contributed by atoms with Gasteiger partial charge in [0.25, 0.3) is 0 Å². The molecule has 0 atom stereocenters. The monoisotopic (exact) mass is 424 g/mol. The predicted octanol–water partition coefficient (Wildman–Crippen LogP) is 4.51. The number of hydrogen-bond acceptors (Lipinski definition) is 4. The van der Waals surface area contributed by atoms with Crippen LogP contribution in [0.3, 0.4) is 0 Å². The summed E-state index contributed by atoms with van der Waals surface area (Å²) in [4.78, 5) is 17.2. The maximum absolute atomic E-state index is 12.2. The van der Waals surface area contributed by atoms with Crippen molar-refractivity contribution >= 4 is 27.7 Å². The largest absolute Gasteiger partial charge is 0.488 e. The number of carbonyl (C=O) groups is 1. The molecule has 0 saturated carbocycles. The van der Waals surface area contributed by atoms with E-state index in [1.165, 1.54) is 0 Å². The molecule has 0 fully saturated rings. The third-order valence-electron chi connectivity index (χ3n) is 3.69. The fraction of sp³-hybridized carbons (Fsp3) is 0.0476. The molecule has 0 spiro atoms. The molecule has 0 aliphatic carbocycles. The molecular weight excluding hydrogens is 408 g/mol. The van der Waals surface area contributed by atoms with E-state index in [9.17, 15) is 4.79 Å². The van der Waals surface area contributed by atoms with Crippen LogP contribution in [0.5, 0.6) is 5.75 Å². The Bertz CT molecular complexity index is 958. The summed E-state index contributed by atoms with van der Waals surface area (Å²) in [6, 6.07) is 23.6. The second-order valence-electron chi connectivity index (χ2n) is 5.64. The molecule has 136 valence electrons. The van der Waals surface area contributed by atoms with E-state index >= 15 is 0 Å². The molecule has 0 saturated heterocycles. The van der Waals surface area contributed by atoms with E-state index in [1.807, 2.05) is 48.5 Å². The van der Waals surface area contributed by atoms with Gasteiger partial charge in [0.2, 0.25) is 0 Å². The molecule has 0 aromatic heterocycles. The van der Waals surface area contributed by atoms with Crippen LogP contribution in [0.25, 0.3) is 0 Å². The Morgan fingerprint density at radius 3 is 2.41 bits per heavy atom. The van der Waals surface area contributed by atoms with Crippen LogP contribution in [0.15, 0.2) is 88.5 Å². The first kappa shape index (κ1) is 18.7. The Labute approximate surface area is 165 Å². The van der Waals surface area contributed by atoms with Crippen molar-refractivity contribution in [3.05, 3.63) is 100 Å². The van der Waals surface area contributed by atoms with E-state index in [1.54, 1.807) is 30.3 Å². The van der Waals surface area contributed by atoms with Gasteiger partial charge < -0.3 is 15.3 Å². The number of hydrogen-bond donors (Lipinski definition) is 1. The summed E-state index contributed by atoms with van der Waals surface area (Å²) in [7, 11) is 0. The summed E-state index contributed by atoms with van der Waals surface area (Å²) in [5.41, 5.74) is 7.71. The third kappa shape index (κ3) is 5.18. The smallest absolute Gasteiger partial charge is 0.365 e. The molecular formula is C21H17BrN2O3. The van der Waals surface area contributed by atoms with Gasteiger partial charge in [-0.2, -0.15) is 0 Å². The van der Waals surface area contributed by atoms with Gasteiger partial charge in [-0.15, -0.1) is 0 Å². The van der Waals surface area contributed by atoms with E-state index in [4.69, 9.17) is 15.3 Å². The average Bonchev–Trinajstić information content (AvgIpc) is 2.72. The number of oxime groups is 1. The van der Waals surface area contributed by atoms with Gasteiger partial charge in [0.1, 0.15) is 12.4 Å². The lowest BCUT2D eigenvalue weighted by Gasteiger charge is -2.08. The van der Waals surface area contributed by atoms with E-state index in [2.05, 4.69) is 21.1 Å². The summed E-state index contributed by atoms with van der Waals surface area (Å²) in [6.45, 7) is 0.319. The van der Waals surface area contributed by atoms with Crippen molar-refractivity contribution in [2.45, 2.75) is 6.61 Å². The lowest BCUT2D eigenvalue weighted by atomic mass is 10.1. The standard InChI is InChI=1S/C21H17BrN2O3/c22-18-11-4-5-12-19(18)26-14-15-7-6-10-17(13-15)21(25)27-24-20(23)16-8-2-1-3-9-16/h1-13H,14H2,(H2,23,24). The summed E-state index contributed by atoms with van der Waals surface area (Å²) in [6.07, 6.45) is 0. The highest BCUT2D eigenvalue weighted by Crippen LogP contribution is 2.24. The average molecular weight is 425 g/mol. The molecule has 3 aromatic rings. The normalized spacial score (nSPS) is 11.1. The van der Waals surface area contributed by atoms with Gasteiger partial charge in [-0.3, -0.25) is 0 Å². The number of nitrogens with two attached hydrogens (primary N) is 1. The van der Waals surface area contributed by atoms with Crippen LogP contribution in [0.1, 0.15) is 21.5 Å². The first-order valence-electron chi connectivity index (χ1n) is 8.20. The van der Waals surface area contributed by atoms with Crippen LogP contribution < -0.4 is 10.5 Å². The lowest BCUT2D eigenvalue weighted by Crippen LogP contribution is -2.15. The number of rotatable bonds is 6. The van der Waals surface area contributed by atoms with Crippen LogP contribution >= 0.6 is 15.9 Å². The van der Waals surface area contributed by atoms with Crippen LogP contribution in [0.2, 0.25) is 0 Å². The number of para-hydroxylation sites is 1. The molecule has 3 aromatic carbocycles. The predicted molar refractivity (Wildman–Crippen MR) is 107 cm³/mol. The topological polar surface area (TPSA) is 73.9 Å². The maximum atomic E-state index is 12.2. The molecule has 5 nitrogen and oxygen atoms in total. The number of nitrogens with zero attached hydrogens (tertiary/aromatic N) is 1. The SMILES string of the molecule is N/C(=N\OC(=O)c1cccc(COc2ccccc2Br)c1)c1ccccc1. The highest BCUT2D eigenvalue weighted by molar-refractivity contribution is 9.10. The fourth-order valence-corrected chi connectivity index (χ4v) is 2.72. The molecule has 0 radical (unpaired) electrons. The van der Waals surface area contributed by atoms with Gasteiger partial charge in [0.15, 0.2) is 5.84 Å². The van der Waals surface area contributed by atoms with Crippen molar-refractivity contribution in [2.24, 2.45) is 10.9 Å². The van der Waals surface area contributed by atoms with E-state index < -0.39 is 5.97 Å². The zero-order chi connectivity index (χ0) is 19.1. The van der Waals surface area contributed by atoms with Gasteiger partial charge in [0.05, 0.1) is 10.0 Å². The minimum absolute atomic E-state index is 0.136. The van der Waals surface area contributed by atoms with Gasteiger partial charge in [-0.05, 0) is 45.8 Å². The highest BCUT2D eigenvalue weighted by Gasteiger charge is 2.09. The van der Waals surface area contributed by atoms with Crippen LogP contribution in [-0.4, -0.2) is 11.8 Å². The van der Waals surface area contributed by atoms with Crippen molar-refractivity contribution in [1.82, 2.24) is 0 Å². The minimum Gasteiger partial charge on any atom is -0.488 e. The molecule has 0 bridgehead atoms. The van der Waals surface area contributed by atoms with Crippen LogP contribution in [0, 0.1) is 0 Å². The number of halogens is 1. The van der Waals surface area contributed by atoms with Crippen molar-refractivity contribution in [1.29, 1.82) is 0 Å². The van der Waals surface area contributed by atoms with Crippen molar-refractivity contribution in [3.8, 4) is 5.75 Å². The molecule has 0 aliphatic rings. The third-order valence-corrected chi connectivity index (χ3v) is 4.35. The van der Waals surface area contributed by atoms with Crippen LogP contribution in [-0.2, 0) is 11.4 Å². The van der Waals surface area contributed by atoms with Crippen molar-refractivity contribution < 1.29 is 14.4 Å². The first-order valence-corrected chi connectivity index (χ1v) is 8.99. The number of amidine groups is 1. The zero-order valence-corrected chi connectivity index (χ0v) is 15.9. The van der Waals surface area contributed by atoms with Crippen molar-refractivity contribution in [2.75, 3.05) is 0 Å². The number of benzene rings is 3. The Balaban J connectivity index is 1.64. The molecule has 2 N–H and O–H groups in total. The quantitative estimate of drug-likeness (QED) is 0.273. The first-order chi connectivity index (χ1) is 13.1. The Morgan fingerprint density at radius 1 is 0.926 bits per heavy atom. The summed E-state index contributed by atoms with van der Waals surface area (Å²) < 4.78 is 6.63. The molecule has 0 amide bonds. The second kappa shape index (κ2) is 9.00. The number of ether oxygens (including phenoxy) is 1. The van der Waals surface area contributed by atoms with E-state index in [-0.39, 0.29) is 5.84 Å². The fourth-order valence-electron chi connectivity index (χ4n) is 2.32. The van der Waals surface area contributed by atoms with Gasteiger partial charge in [0, 0.05) is 5.56 Å². The van der Waals surface area contributed by atoms with Crippen LogP contribution in [0.4, 0.5) is 0 Å². The zero-order valence-electron chi connectivity index (χ0n) is 14.3. The second-order valence-corrected chi connectivity index (χ2v) is 6.50. The number of carbonyl (C=O) groups excluding carboxylic acids is 1. The lowest BCUT2D eigenvalue weighted by molar-refractivity contribution is 0.0516. The van der Waals surface area contributed by atoms with Gasteiger partial charge >= 0.3 is 5.97 Å². The van der Waals surface area contributed by atoms with Gasteiger partial charge in [-0.25, -0.2) is 4.79 Å². The molecule has 6 heteroatoms. The summed E-state index contributed by atoms with van der Waals surface area (Å²) >= 11 is 3.44. The minimum atomic E-state index is -0.586. The Morgan fingerprint density at radius 2 is 1.63 bits per heavy atom. The Kier molecular flexibility index (Phi) is 6.22. The summed E-state index contributed by atoms with van der Waals surface area (Å²) in [5.74, 6) is 0.278. The molecule has 0 aliphatic heterocycles.